The van der Waals surface area contributed by atoms with E-state index in [0.29, 0.717) is 16.8 Å². The first-order chi connectivity index (χ1) is 7.77. The minimum Gasteiger partial charge on any atom is -0.385 e. The van der Waals surface area contributed by atoms with E-state index in [4.69, 9.17) is 16.3 Å². The number of hydrogen-bond acceptors (Lipinski definition) is 5. The third-order valence-electron chi connectivity index (χ3n) is 2.04. The summed E-state index contributed by atoms with van der Waals surface area (Å²) in [7, 11) is 3.47. The summed E-state index contributed by atoms with van der Waals surface area (Å²) in [4.78, 5) is 8.21. The Morgan fingerprint density at radius 3 is 2.94 bits per heavy atom. The van der Waals surface area contributed by atoms with Gasteiger partial charge in [0.05, 0.1) is 6.20 Å². The molecule has 0 bridgehead atoms. The zero-order valence-corrected chi connectivity index (χ0v) is 10.3. The molecule has 0 saturated carbocycles. The highest BCUT2D eigenvalue weighted by atomic mass is 35.5. The van der Waals surface area contributed by atoms with Crippen LogP contribution in [0.2, 0.25) is 5.02 Å². The van der Waals surface area contributed by atoms with Crippen LogP contribution in [-0.4, -0.2) is 37.3 Å². The number of nitrogens with one attached hydrogen (secondary N) is 2. The molecule has 6 heteroatoms. The second-order valence-electron chi connectivity index (χ2n) is 3.27. The number of halogens is 1. The fourth-order valence-corrected chi connectivity index (χ4v) is 1.35. The predicted octanol–water partition coefficient (Wildman–Crippen LogP) is 2.01. The quantitative estimate of drug-likeness (QED) is 0.719. The summed E-state index contributed by atoms with van der Waals surface area (Å²) < 4.78 is 4.96. The largest absolute Gasteiger partial charge is 0.385 e. The summed E-state index contributed by atoms with van der Waals surface area (Å²) in [6, 6.07) is 0. The molecule has 0 fully saturated rings. The van der Waals surface area contributed by atoms with Gasteiger partial charge >= 0.3 is 0 Å². The van der Waals surface area contributed by atoms with Gasteiger partial charge < -0.3 is 15.4 Å². The van der Waals surface area contributed by atoms with E-state index in [2.05, 4.69) is 20.6 Å². The lowest BCUT2D eigenvalue weighted by molar-refractivity contribution is 0.194. The van der Waals surface area contributed by atoms with E-state index in [0.717, 1.165) is 26.0 Å². The molecule has 16 heavy (non-hydrogen) atoms. The Balaban J connectivity index is 2.40. The van der Waals surface area contributed by atoms with Crippen molar-refractivity contribution in [2.24, 2.45) is 0 Å². The van der Waals surface area contributed by atoms with Gasteiger partial charge in [-0.15, -0.1) is 0 Å². The van der Waals surface area contributed by atoms with Crippen molar-refractivity contribution in [2.45, 2.75) is 12.8 Å². The molecule has 0 aliphatic heterocycles. The molecule has 0 saturated heterocycles. The van der Waals surface area contributed by atoms with Gasteiger partial charge in [0, 0.05) is 27.3 Å². The van der Waals surface area contributed by atoms with E-state index < -0.39 is 0 Å². The lowest BCUT2D eigenvalue weighted by Crippen LogP contribution is -2.07. The second kappa shape index (κ2) is 7.24. The van der Waals surface area contributed by atoms with E-state index in [1.165, 1.54) is 0 Å². The predicted molar refractivity (Wildman–Crippen MR) is 66.2 cm³/mol. The van der Waals surface area contributed by atoms with Crippen LogP contribution < -0.4 is 10.6 Å². The van der Waals surface area contributed by atoms with E-state index in [1.807, 2.05) is 0 Å². The highest BCUT2D eigenvalue weighted by molar-refractivity contribution is 6.32. The third kappa shape index (κ3) is 4.20. The Hall–Kier alpha value is -1.07. The van der Waals surface area contributed by atoms with Crippen LogP contribution in [0.4, 0.5) is 11.8 Å². The monoisotopic (exact) mass is 244 g/mol. The Morgan fingerprint density at radius 2 is 2.25 bits per heavy atom. The number of anilines is 2. The van der Waals surface area contributed by atoms with Gasteiger partial charge in [-0.1, -0.05) is 11.6 Å². The van der Waals surface area contributed by atoms with E-state index >= 15 is 0 Å². The zero-order chi connectivity index (χ0) is 11.8. The molecule has 1 heterocycles. The Bertz CT molecular complexity index is 322. The molecule has 1 aromatic rings. The second-order valence-corrected chi connectivity index (χ2v) is 3.67. The summed E-state index contributed by atoms with van der Waals surface area (Å²) in [5.74, 6) is 1.22. The molecule has 0 atom stereocenters. The van der Waals surface area contributed by atoms with Crippen molar-refractivity contribution >= 4 is 23.4 Å². The maximum Gasteiger partial charge on any atom is 0.224 e. The molecule has 0 aliphatic rings. The zero-order valence-electron chi connectivity index (χ0n) is 9.59. The molecule has 1 rings (SSSR count). The maximum atomic E-state index is 5.95. The normalized spacial score (nSPS) is 10.2. The minimum absolute atomic E-state index is 0.533. The summed E-state index contributed by atoms with van der Waals surface area (Å²) in [5, 5.41) is 6.57. The van der Waals surface area contributed by atoms with Crippen LogP contribution in [-0.2, 0) is 4.74 Å². The Labute approximate surface area is 101 Å². The SMILES string of the molecule is CNc1ncc(Cl)c(NCCCCOC)n1. The summed E-state index contributed by atoms with van der Waals surface area (Å²) in [6.45, 7) is 1.60. The van der Waals surface area contributed by atoms with Crippen LogP contribution in [0.1, 0.15) is 12.8 Å². The van der Waals surface area contributed by atoms with Crippen molar-refractivity contribution in [3.05, 3.63) is 11.2 Å². The average molecular weight is 245 g/mol. The molecule has 2 N–H and O–H groups in total. The van der Waals surface area contributed by atoms with E-state index in [9.17, 15) is 0 Å². The topological polar surface area (TPSA) is 59.1 Å². The Kier molecular flexibility index (Phi) is 5.88. The summed E-state index contributed by atoms with van der Waals surface area (Å²) in [5.41, 5.74) is 0. The number of unbranched alkanes of at least 4 members (excludes halogenated alkanes) is 1. The molecule has 1 aromatic heterocycles. The van der Waals surface area contributed by atoms with Gasteiger partial charge in [-0.3, -0.25) is 0 Å². The molecule has 0 amide bonds. The summed E-state index contributed by atoms with van der Waals surface area (Å²) in [6.07, 6.45) is 3.62. The number of ether oxygens (including phenoxy) is 1. The fraction of sp³-hybridized carbons (Fsp3) is 0.600. The first-order valence-electron chi connectivity index (χ1n) is 5.21. The van der Waals surface area contributed by atoms with Crippen molar-refractivity contribution in [3.63, 3.8) is 0 Å². The van der Waals surface area contributed by atoms with Crippen molar-refractivity contribution in [2.75, 3.05) is 37.9 Å². The van der Waals surface area contributed by atoms with Gasteiger partial charge in [-0.05, 0) is 12.8 Å². The highest BCUT2D eigenvalue weighted by Gasteiger charge is 2.03. The number of rotatable bonds is 7. The lowest BCUT2D eigenvalue weighted by Gasteiger charge is -2.08. The smallest absolute Gasteiger partial charge is 0.224 e. The van der Waals surface area contributed by atoms with Crippen molar-refractivity contribution in [3.8, 4) is 0 Å². The Morgan fingerprint density at radius 1 is 1.44 bits per heavy atom. The first-order valence-corrected chi connectivity index (χ1v) is 5.59. The van der Waals surface area contributed by atoms with Gasteiger partial charge in [0.25, 0.3) is 0 Å². The van der Waals surface area contributed by atoms with Crippen molar-refractivity contribution in [1.82, 2.24) is 9.97 Å². The van der Waals surface area contributed by atoms with Gasteiger partial charge in [0.1, 0.15) is 10.8 Å². The molecule has 0 radical (unpaired) electrons. The van der Waals surface area contributed by atoms with Gasteiger partial charge in [0.15, 0.2) is 0 Å². The first kappa shape index (κ1) is 13.0. The van der Waals surface area contributed by atoms with Crippen LogP contribution in [0.15, 0.2) is 6.20 Å². The van der Waals surface area contributed by atoms with Crippen LogP contribution in [0.25, 0.3) is 0 Å². The van der Waals surface area contributed by atoms with Crippen LogP contribution >= 0.6 is 11.6 Å². The molecule has 0 aromatic carbocycles. The number of methoxy groups -OCH3 is 1. The lowest BCUT2D eigenvalue weighted by atomic mass is 10.3. The third-order valence-corrected chi connectivity index (χ3v) is 2.31. The molecule has 5 nitrogen and oxygen atoms in total. The number of hydrogen-bond donors (Lipinski definition) is 2. The summed E-state index contributed by atoms with van der Waals surface area (Å²) >= 11 is 5.95. The van der Waals surface area contributed by atoms with Gasteiger partial charge in [0.2, 0.25) is 5.95 Å². The van der Waals surface area contributed by atoms with Crippen molar-refractivity contribution < 1.29 is 4.74 Å². The maximum absolute atomic E-state index is 5.95. The molecule has 0 unspecified atom stereocenters. The fourth-order valence-electron chi connectivity index (χ4n) is 1.19. The average Bonchev–Trinajstić information content (AvgIpc) is 2.31. The van der Waals surface area contributed by atoms with E-state index in [1.54, 1.807) is 20.4 Å². The van der Waals surface area contributed by atoms with Gasteiger partial charge in [-0.2, -0.15) is 4.98 Å². The minimum atomic E-state index is 0.533. The molecular weight excluding hydrogens is 228 g/mol. The molecule has 0 spiro atoms. The molecule has 90 valence electrons. The van der Waals surface area contributed by atoms with Crippen LogP contribution in [0, 0.1) is 0 Å². The van der Waals surface area contributed by atoms with Crippen LogP contribution in [0.5, 0.6) is 0 Å². The van der Waals surface area contributed by atoms with E-state index in [-0.39, 0.29) is 0 Å². The van der Waals surface area contributed by atoms with Gasteiger partial charge in [-0.25, -0.2) is 4.98 Å². The number of nitrogens with zero attached hydrogens (tertiary/aromatic N) is 2. The standard InChI is InChI=1S/C10H17ClN4O/c1-12-10-14-7-8(11)9(15-10)13-5-3-4-6-16-2/h7H,3-6H2,1-2H3,(H2,12,13,14,15). The molecule has 0 aliphatic carbocycles. The van der Waals surface area contributed by atoms with Crippen molar-refractivity contribution in [1.29, 1.82) is 0 Å². The highest BCUT2D eigenvalue weighted by Crippen LogP contribution is 2.18. The number of aromatic nitrogens is 2. The molecular formula is C10H17ClN4O. The van der Waals surface area contributed by atoms with Crippen LogP contribution in [0.3, 0.4) is 0 Å².